The third-order valence-corrected chi connectivity index (χ3v) is 6.86. The molecule has 1 atom stereocenters. The van der Waals surface area contributed by atoms with Crippen LogP contribution in [0, 0.1) is 19.7 Å². The zero-order chi connectivity index (χ0) is 29.6. The second-order valence-corrected chi connectivity index (χ2v) is 10.9. The van der Waals surface area contributed by atoms with Gasteiger partial charge in [0.25, 0.3) is 5.91 Å². The molecule has 0 saturated carbocycles. The van der Waals surface area contributed by atoms with Gasteiger partial charge in [0, 0.05) is 24.2 Å². The van der Waals surface area contributed by atoms with Crippen LogP contribution in [-0.4, -0.2) is 29.5 Å². The smallest absolute Gasteiger partial charge is 0.417 e. The van der Waals surface area contributed by atoms with Gasteiger partial charge < -0.3 is 14.4 Å². The zero-order valence-corrected chi connectivity index (χ0v) is 23.2. The highest BCUT2D eigenvalue weighted by molar-refractivity contribution is 5.95. The monoisotopic (exact) mass is 557 g/mol. The van der Waals surface area contributed by atoms with Gasteiger partial charge in [-0.05, 0) is 80.6 Å². The maximum atomic E-state index is 15.1. The minimum Gasteiger partial charge on any atom is -0.467 e. The summed E-state index contributed by atoms with van der Waals surface area (Å²) in [7, 11) is 1.10. The van der Waals surface area contributed by atoms with E-state index in [1.807, 2.05) is 6.92 Å². The van der Waals surface area contributed by atoms with E-state index in [0.717, 1.165) is 18.7 Å². The summed E-state index contributed by atoms with van der Waals surface area (Å²) >= 11 is 0. The average molecular weight is 558 g/mol. The summed E-state index contributed by atoms with van der Waals surface area (Å²) in [5.74, 6) is -2.20. The summed E-state index contributed by atoms with van der Waals surface area (Å²) in [6, 6.07) is 12.0. The second-order valence-electron chi connectivity index (χ2n) is 10.9. The van der Waals surface area contributed by atoms with Crippen LogP contribution in [-0.2, 0) is 33.5 Å². The third kappa shape index (κ3) is 5.75. The second kappa shape index (κ2) is 10.7. The number of benzene rings is 3. The Morgan fingerprint density at radius 1 is 0.950 bits per heavy atom. The zero-order valence-electron chi connectivity index (χ0n) is 23.2. The first-order valence-electron chi connectivity index (χ1n) is 12.7. The Balaban J connectivity index is 2.03. The molecule has 40 heavy (non-hydrogen) atoms. The van der Waals surface area contributed by atoms with E-state index in [1.165, 1.54) is 23.1 Å². The number of halogens is 4. The Labute approximate surface area is 230 Å². The number of fused-ring (bicyclic) bond motifs is 1. The van der Waals surface area contributed by atoms with Gasteiger partial charge in [-0.1, -0.05) is 35.9 Å². The topological polar surface area (TPSA) is 55.8 Å². The molecule has 0 bridgehead atoms. The fraction of sp³-hybridized carbons (Fsp3) is 0.355. The quantitative estimate of drug-likeness (QED) is 0.244. The van der Waals surface area contributed by atoms with Crippen LogP contribution in [0.2, 0.25) is 0 Å². The lowest BCUT2D eigenvalue weighted by Crippen LogP contribution is -2.31. The number of carbonyl (C=O) groups excluding carboxylic acids is 2. The normalized spacial score (nSPS) is 14.2. The lowest BCUT2D eigenvalue weighted by atomic mass is 9.82. The highest BCUT2D eigenvalue weighted by Crippen LogP contribution is 2.49. The molecule has 9 heteroatoms. The van der Waals surface area contributed by atoms with Crippen molar-refractivity contribution in [1.82, 2.24) is 4.90 Å². The van der Waals surface area contributed by atoms with E-state index in [2.05, 4.69) is 0 Å². The summed E-state index contributed by atoms with van der Waals surface area (Å²) in [6.45, 7) is 7.98. The molecule has 212 valence electrons. The Kier molecular flexibility index (Phi) is 7.82. The molecule has 3 aromatic rings. The SMILES string of the molecule is COC(=O)[C@@H](OC(C)(C)C)c1c(-c2ccc(C)cc2)c(C)c2c(c1C(F)(F)F)CN(C(=O)c1cccc(F)c1)C2. The number of methoxy groups -OCH3 is 1. The Morgan fingerprint density at radius 3 is 2.12 bits per heavy atom. The molecular weight excluding hydrogens is 526 g/mol. The first kappa shape index (κ1) is 29.3. The number of nitrogens with zero attached hydrogens (tertiary/aromatic N) is 1. The van der Waals surface area contributed by atoms with Gasteiger partial charge in [-0.15, -0.1) is 0 Å². The lowest BCUT2D eigenvalue weighted by Gasteiger charge is -2.31. The predicted octanol–water partition coefficient (Wildman–Crippen LogP) is 7.31. The van der Waals surface area contributed by atoms with Crippen molar-refractivity contribution in [3.8, 4) is 11.1 Å². The van der Waals surface area contributed by atoms with Crippen LogP contribution in [0.5, 0.6) is 0 Å². The molecule has 0 unspecified atom stereocenters. The molecule has 1 heterocycles. The third-order valence-electron chi connectivity index (χ3n) is 6.86. The number of carbonyl (C=O) groups is 2. The van der Waals surface area contributed by atoms with E-state index in [1.54, 1.807) is 52.0 Å². The maximum absolute atomic E-state index is 15.1. The highest BCUT2D eigenvalue weighted by Gasteiger charge is 2.46. The van der Waals surface area contributed by atoms with Crippen LogP contribution < -0.4 is 0 Å². The van der Waals surface area contributed by atoms with Gasteiger partial charge in [0.2, 0.25) is 0 Å². The number of esters is 1. The Bertz CT molecular complexity index is 1460. The number of aryl methyl sites for hydroxylation is 1. The van der Waals surface area contributed by atoms with Crippen molar-refractivity contribution in [3.05, 3.63) is 93.3 Å². The van der Waals surface area contributed by atoms with Crippen molar-refractivity contribution in [2.24, 2.45) is 0 Å². The Hall–Kier alpha value is -3.72. The molecule has 0 aliphatic carbocycles. The summed E-state index contributed by atoms with van der Waals surface area (Å²) < 4.78 is 70.1. The molecule has 3 aromatic carbocycles. The van der Waals surface area contributed by atoms with Gasteiger partial charge in [0.15, 0.2) is 6.10 Å². The summed E-state index contributed by atoms with van der Waals surface area (Å²) in [6.07, 6.45) is -6.60. The maximum Gasteiger partial charge on any atom is 0.417 e. The van der Waals surface area contributed by atoms with Crippen LogP contribution >= 0.6 is 0 Å². The minimum atomic E-state index is -4.90. The molecule has 1 amide bonds. The number of hydrogen-bond donors (Lipinski definition) is 0. The van der Waals surface area contributed by atoms with Crippen molar-refractivity contribution in [2.45, 2.75) is 65.6 Å². The number of alkyl halides is 3. The molecule has 1 aliphatic heterocycles. The van der Waals surface area contributed by atoms with Crippen LogP contribution in [0.1, 0.15) is 70.6 Å². The molecule has 0 aromatic heterocycles. The predicted molar refractivity (Wildman–Crippen MR) is 142 cm³/mol. The van der Waals surface area contributed by atoms with E-state index < -0.39 is 41.1 Å². The molecule has 1 aliphatic rings. The standard InChI is InChI=1S/C31H31F4NO4/c1-17-10-12-19(13-11-17)24-18(2)22-15-36(28(37)20-8-7-9-21(32)14-20)16-23(22)26(31(33,34)35)25(24)27(29(38)39-6)40-30(3,4)5/h7-14,27H,15-16H2,1-6H3/t27-/m0/s1. The first-order valence-corrected chi connectivity index (χ1v) is 12.7. The van der Waals surface area contributed by atoms with Gasteiger partial charge >= 0.3 is 12.1 Å². The lowest BCUT2D eigenvalue weighted by molar-refractivity contribution is -0.166. The van der Waals surface area contributed by atoms with Gasteiger partial charge in [-0.3, -0.25) is 4.79 Å². The average Bonchev–Trinajstić information content (AvgIpc) is 3.31. The first-order chi connectivity index (χ1) is 18.6. The molecule has 0 spiro atoms. The van der Waals surface area contributed by atoms with E-state index >= 15 is 13.2 Å². The van der Waals surface area contributed by atoms with E-state index in [-0.39, 0.29) is 35.3 Å². The molecule has 0 radical (unpaired) electrons. The van der Waals surface area contributed by atoms with Crippen molar-refractivity contribution in [1.29, 1.82) is 0 Å². The van der Waals surface area contributed by atoms with Gasteiger partial charge in [0.05, 0.1) is 18.3 Å². The number of rotatable bonds is 5. The van der Waals surface area contributed by atoms with Crippen molar-refractivity contribution in [3.63, 3.8) is 0 Å². The van der Waals surface area contributed by atoms with Crippen LogP contribution in [0.3, 0.4) is 0 Å². The fourth-order valence-corrected chi connectivity index (χ4v) is 5.16. The summed E-state index contributed by atoms with van der Waals surface area (Å²) in [5.41, 5.74) is -0.0844. The van der Waals surface area contributed by atoms with Crippen LogP contribution in [0.4, 0.5) is 17.6 Å². The fourth-order valence-electron chi connectivity index (χ4n) is 5.16. The molecule has 0 N–H and O–H groups in total. The Morgan fingerprint density at radius 2 is 1.57 bits per heavy atom. The van der Waals surface area contributed by atoms with Crippen LogP contribution in [0.15, 0.2) is 48.5 Å². The number of ether oxygens (including phenoxy) is 2. The van der Waals surface area contributed by atoms with Gasteiger partial charge in [0.1, 0.15) is 5.82 Å². The molecular formula is C31H31F4NO4. The van der Waals surface area contributed by atoms with E-state index in [9.17, 15) is 14.0 Å². The molecule has 0 fully saturated rings. The highest BCUT2D eigenvalue weighted by atomic mass is 19.4. The number of amides is 1. The van der Waals surface area contributed by atoms with E-state index in [0.29, 0.717) is 16.7 Å². The molecule has 4 rings (SSSR count). The van der Waals surface area contributed by atoms with Gasteiger partial charge in [-0.2, -0.15) is 13.2 Å². The minimum absolute atomic E-state index is 0.0292. The number of hydrogen-bond acceptors (Lipinski definition) is 4. The summed E-state index contributed by atoms with van der Waals surface area (Å²) in [5, 5.41) is 0. The molecule has 5 nitrogen and oxygen atoms in total. The molecule has 0 saturated heterocycles. The van der Waals surface area contributed by atoms with Gasteiger partial charge in [-0.25, -0.2) is 9.18 Å². The largest absolute Gasteiger partial charge is 0.467 e. The van der Waals surface area contributed by atoms with Crippen molar-refractivity contribution in [2.75, 3.05) is 7.11 Å². The van der Waals surface area contributed by atoms with E-state index in [4.69, 9.17) is 9.47 Å². The summed E-state index contributed by atoms with van der Waals surface area (Å²) in [4.78, 5) is 27.6. The van der Waals surface area contributed by atoms with Crippen LogP contribution in [0.25, 0.3) is 11.1 Å². The van der Waals surface area contributed by atoms with Crippen molar-refractivity contribution >= 4 is 11.9 Å². The van der Waals surface area contributed by atoms with Crippen molar-refractivity contribution < 1.29 is 36.6 Å².